The van der Waals surface area contributed by atoms with Crippen molar-refractivity contribution in [3.05, 3.63) is 52.0 Å². The number of ether oxygens (including phenoxy) is 1. The number of rotatable bonds is 5. The first-order chi connectivity index (χ1) is 14.5. The van der Waals surface area contributed by atoms with E-state index in [0.717, 1.165) is 35.8 Å². The zero-order valence-electron chi connectivity index (χ0n) is 16.5. The Morgan fingerprint density at radius 1 is 1.00 bits per heavy atom. The van der Waals surface area contributed by atoms with Crippen LogP contribution in [0.2, 0.25) is 10.0 Å². The lowest BCUT2D eigenvalue weighted by Gasteiger charge is -2.36. The molecule has 158 valence electrons. The Labute approximate surface area is 185 Å². The third-order valence-electron chi connectivity index (χ3n) is 5.46. The number of benzene rings is 2. The molecule has 0 bridgehead atoms. The molecule has 2 heterocycles. The maximum atomic E-state index is 12.5. The van der Waals surface area contributed by atoms with Gasteiger partial charge in [-0.15, -0.1) is 0 Å². The summed E-state index contributed by atoms with van der Waals surface area (Å²) in [4.78, 5) is 28.1. The molecule has 2 amide bonds. The van der Waals surface area contributed by atoms with Crippen LogP contribution in [0.1, 0.15) is 18.4 Å². The van der Waals surface area contributed by atoms with Crippen molar-refractivity contribution in [3.8, 4) is 5.75 Å². The van der Waals surface area contributed by atoms with Gasteiger partial charge in [0.25, 0.3) is 0 Å². The number of nitrogens with one attached hydrogen (secondary N) is 1. The molecule has 2 aliphatic heterocycles. The number of fused-ring (bicyclic) bond motifs is 1. The van der Waals surface area contributed by atoms with Crippen LogP contribution in [0.5, 0.6) is 5.75 Å². The summed E-state index contributed by atoms with van der Waals surface area (Å²) in [7, 11) is 0. The largest absolute Gasteiger partial charge is 0.493 e. The van der Waals surface area contributed by atoms with E-state index >= 15 is 0 Å². The third-order valence-corrected chi connectivity index (χ3v) is 6.20. The summed E-state index contributed by atoms with van der Waals surface area (Å²) >= 11 is 12.1. The number of halogens is 2. The molecule has 0 unspecified atom stereocenters. The van der Waals surface area contributed by atoms with Gasteiger partial charge in [0.05, 0.1) is 23.1 Å². The van der Waals surface area contributed by atoms with Crippen LogP contribution in [0, 0.1) is 0 Å². The molecule has 30 heavy (non-hydrogen) atoms. The maximum Gasteiger partial charge on any atom is 0.226 e. The highest BCUT2D eigenvalue weighted by molar-refractivity contribution is 6.42. The van der Waals surface area contributed by atoms with Crippen LogP contribution in [0.4, 0.5) is 11.4 Å². The third kappa shape index (κ3) is 4.82. The smallest absolute Gasteiger partial charge is 0.226 e. The lowest BCUT2D eigenvalue weighted by atomic mass is 10.0. The lowest BCUT2D eigenvalue weighted by molar-refractivity contribution is -0.132. The monoisotopic (exact) mass is 447 g/mol. The quantitative estimate of drug-likeness (QED) is 0.752. The normalized spacial score (nSPS) is 16.1. The van der Waals surface area contributed by atoms with Gasteiger partial charge in [-0.25, -0.2) is 0 Å². The van der Waals surface area contributed by atoms with Gasteiger partial charge in [-0.1, -0.05) is 23.2 Å². The summed E-state index contributed by atoms with van der Waals surface area (Å²) in [6.07, 6.45) is 1.53. The van der Waals surface area contributed by atoms with Gasteiger partial charge in [-0.2, -0.15) is 0 Å². The molecule has 8 heteroatoms. The molecule has 4 rings (SSSR count). The number of carbonyl (C=O) groups is 2. The van der Waals surface area contributed by atoms with E-state index in [2.05, 4.69) is 10.2 Å². The molecular formula is C22H23Cl2N3O3. The summed E-state index contributed by atoms with van der Waals surface area (Å²) in [5, 5.41) is 3.93. The maximum absolute atomic E-state index is 12.5. The van der Waals surface area contributed by atoms with E-state index in [0.29, 0.717) is 49.0 Å². The van der Waals surface area contributed by atoms with Crippen molar-refractivity contribution in [2.75, 3.05) is 43.0 Å². The van der Waals surface area contributed by atoms with Crippen molar-refractivity contribution < 1.29 is 14.3 Å². The molecule has 0 radical (unpaired) electrons. The zero-order valence-corrected chi connectivity index (χ0v) is 18.0. The number of piperazine rings is 1. The van der Waals surface area contributed by atoms with E-state index in [9.17, 15) is 9.59 Å². The fourth-order valence-corrected chi connectivity index (χ4v) is 4.05. The molecule has 2 aromatic carbocycles. The summed E-state index contributed by atoms with van der Waals surface area (Å²) in [5.41, 5.74) is 2.93. The molecule has 2 aliphatic rings. The molecule has 0 aromatic heterocycles. The number of nitrogens with zero attached hydrogens (tertiary/aromatic N) is 2. The summed E-state index contributed by atoms with van der Waals surface area (Å²) in [6.45, 7) is 3.16. The van der Waals surface area contributed by atoms with Gasteiger partial charge in [0.1, 0.15) is 5.75 Å². The second-order valence-electron chi connectivity index (χ2n) is 7.43. The highest BCUT2D eigenvalue weighted by Crippen LogP contribution is 2.28. The van der Waals surface area contributed by atoms with E-state index in [1.165, 1.54) is 0 Å². The minimum Gasteiger partial charge on any atom is -0.493 e. The summed E-state index contributed by atoms with van der Waals surface area (Å²) in [6, 6.07) is 11.2. The van der Waals surface area contributed by atoms with E-state index in [-0.39, 0.29) is 11.8 Å². The number of aryl methyl sites for hydroxylation is 1. The van der Waals surface area contributed by atoms with Crippen molar-refractivity contribution in [1.82, 2.24) is 4.90 Å². The van der Waals surface area contributed by atoms with Gasteiger partial charge in [0.2, 0.25) is 11.8 Å². The van der Waals surface area contributed by atoms with Crippen LogP contribution < -0.4 is 15.0 Å². The van der Waals surface area contributed by atoms with Gasteiger partial charge in [0.15, 0.2) is 0 Å². The van der Waals surface area contributed by atoms with Gasteiger partial charge < -0.3 is 19.9 Å². The van der Waals surface area contributed by atoms with Crippen molar-refractivity contribution >= 4 is 46.4 Å². The Hall–Kier alpha value is -2.44. The number of anilines is 2. The first-order valence-electron chi connectivity index (χ1n) is 10.0. The zero-order chi connectivity index (χ0) is 21.1. The Morgan fingerprint density at radius 2 is 1.80 bits per heavy atom. The Bertz CT molecular complexity index is 959. The first kappa shape index (κ1) is 20.8. The second-order valence-corrected chi connectivity index (χ2v) is 8.25. The first-order valence-corrected chi connectivity index (χ1v) is 10.8. The molecule has 1 fully saturated rings. The summed E-state index contributed by atoms with van der Waals surface area (Å²) in [5.74, 6) is 0.858. The van der Waals surface area contributed by atoms with Crippen LogP contribution in [0.15, 0.2) is 36.4 Å². The molecule has 1 saturated heterocycles. The number of hydrogen-bond donors (Lipinski definition) is 1. The highest BCUT2D eigenvalue weighted by atomic mass is 35.5. The number of carbonyl (C=O) groups excluding carboxylic acids is 2. The van der Waals surface area contributed by atoms with E-state index in [1.54, 1.807) is 6.07 Å². The molecule has 2 aromatic rings. The Balaban J connectivity index is 1.23. The molecular weight excluding hydrogens is 425 g/mol. The van der Waals surface area contributed by atoms with Crippen LogP contribution in [-0.4, -0.2) is 49.5 Å². The average Bonchev–Trinajstić information content (AvgIpc) is 2.76. The number of hydrogen-bond acceptors (Lipinski definition) is 4. The predicted molar refractivity (Wildman–Crippen MR) is 119 cm³/mol. The van der Waals surface area contributed by atoms with E-state index in [4.69, 9.17) is 27.9 Å². The van der Waals surface area contributed by atoms with E-state index < -0.39 is 0 Å². The van der Waals surface area contributed by atoms with Crippen molar-refractivity contribution in [2.45, 2.75) is 19.3 Å². The van der Waals surface area contributed by atoms with Crippen molar-refractivity contribution in [1.29, 1.82) is 0 Å². The second kappa shape index (κ2) is 9.14. The molecule has 0 spiro atoms. The molecule has 0 saturated carbocycles. The topological polar surface area (TPSA) is 61.9 Å². The summed E-state index contributed by atoms with van der Waals surface area (Å²) < 4.78 is 5.78. The predicted octanol–water partition coefficient (Wildman–Crippen LogP) is 4.00. The number of amides is 2. The molecule has 0 atom stereocenters. The van der Waals surface area contributed by atoms with Crippen LogP contribution in [-0.2, 0) is 16.0 Å². The molecule has 1 N–H and O–H groups in total. The SMILES string of the molecule is O=C1CCc2cc(OCCC(=O)N3CCN(c4ccc(Cl)c(Cl)c4)CC3)ccc2N1. The average molecular weight is 448 g/mol. The van der Waals surface area contributed by atoms with Crippen LogP contribution in [0.25, 0.3) is 0 Å². The standard InChI is InChI=1S/C22H23Cl2N3O3/c23-18-4-2-16(14-19(18)24)26-8-10-27(11-9-26)22(29)7-12-30-17-3-5-20-15(13-17)1-6-21(28)25-20/h2-5,13-14H,1,6-12H2,(H,25,28). The van der Waals surface area contributed by atoms with Crippen LogP contribution in [0.3, 0.4) is 0 Å². The van der Waals surface area contributed by atoms with E-state index in [1.807, 2.05) is 35.2 Å². The van der Waals surface area contributed by atoms with Gasteiger partial charge in [-0.3, -0.25) is 9.59 Å². The van der Waals surface area contributed by atoms with Gasteiger partial charge in [0, 0.05) is 44.0 Å². The minimum absolute atomic E-state index is 0.0426. The fourth-order valence-electron chi connectivity index (χ4n) is 3.76. The van der Waals surface area contributed by atoms with Gasteiger partial charge >= 0.3 is 0 Å². The minimum atomic E-state index is 0.0426. The lowest BCUT2D eigenvalue weighted by Crippen LogP contribution is -2.49. The van der Waals surface area contributed by atoms with Crippen LogP contribution >= 0.6 is 23.2 Å². The highest BCUT2D eigenvalue weighted by Gasteiger charge is 2.22. The molecule has 6 nitrogen and oxygen atoms in total. The Kier molecular flexibility index (Phi) is 6.35. The van der Waals surface area contributed by atoms with Gasteiger partial charge in [-0.05, 0) is 48.4 Å². The fraction of sp³-hybridized carbons (Fsp3) is 0.364. The Morgan fingerprint density at radius 3 is 2.57 bits per heavy atom. The molecule has 0 aliphatic carbocycles. The van der Waals surface area contributed by atoms with Crippen molar-refractivity contribution in [3.63, 3.8) is 0 Å². The van der Waals surface area contributed by atoms with Crippen molar-refractivity contribution in [2.24, 2.45) is 0 Å².